The van der Waals surface area contributed by atoms with Gasteiger partial charge in [0.25, 0.3) is 0 Å². The van der Waals surface area contributed by atoms with Gasteiger partial charge in [-0.15, -0.1) is 0 Å². The Morgan fingerprint density at radius 1 is 1.50 bits per heavy atom. The van der Waals surface area contributed by atoms with Gasteiger partial charge in [-0.1, -0.05) is 13.8 Å². The van der Waals surface area contributed by atoms with E-state index in [4.69, 9.17) is 5.73 Å². The number of nitrogen functional groups attached to an aromatic ring is 1. The molecule has 0 atom stereocenters. The molecule has 20 heavy (non-hydrogen) atoms. The summed E-state index contributed by atoms with van der Waals surface area (Å²) in [5.74, 6) is -0.539. The fourth-order valence-corrected chi connectivity index (χ4v) is 2.52. The van der Waals surface area contributed by atoms with Gasteiger partial charge in [0.15, 0.2) is 0 Å². The minimum absolute atomic E-state index is 0.0455. The summed E-state index contributed by atoms with van der Waals surface area (Å²) in [5, 5.41) is 2.74. The standard InChI is InChI=1S/C15H22FN3O/c1-15(2)6-8-19(10-15)7-5-14(20)18-11-3-4-12(16)13(17)9-11/h3-4,9H,5-8,10,17H2,1-2H3,(H,18,20). The van der Waals surface area contributed by atoms with Gasteiger partial charge in [0.05, 0.1) is 5.69 Å². The van der Waals surface area contributed by atoms with Crippen molar-refractivity contribution in [1.29, 1.82) is 0 Å². The van der Waals surface area contributed by atoms with E-state index in [9.17, 15) is 9.18 Å². The number of hydrogen-bond donors (Lipinski definition) is 2. The van der Waals surface area contributed by atoms with E-state index in [1.807, 2.05) is 0 Å². The molecule has 1 aromatic carbocycles. The van der Waals surface area contributed by atoms with Crippen LogP contribution in [0.2, 0.25) is 0 Å². The Morgan fingerprint density at radius 2 is 2.25 bits per heavy atom. The topological polar surface area (TPSA) is 58.4 Å². The van der Waals surface area contributed by atoms with E-state index in [2.05, 4.69) is 24.1 Å². The van der Waals surface area contributed by atoms with Gasteiger partial charge in [-0.25, -0.2) is 4.39 Å². The highest BCUT2D eigenvalue weighted by Crippen LogP contribution is 2.28. The van der Waals surface area contributed by atoms with Gasteiger partial charge in [-0.3, -0.25) is 4.79 Å². The van der Waals surface area contributed by atoms with Crippen LogP contribution in [0.4, 0.5) is 15.8 Å². The Kier molecular flexibility index (Phi) is 4.28. The molecule has 1 aliphatic heterocycles. The van der Waals surface area contributed by atoms with Crippen LogP contribution in [-0.2, 0) is 4.79 Å². The highest BCUT2D eigenvalue weighted by atomic mass is 19.1. The van der Waals surface area contributed by atoms with Crippen molar-refractivity contribution in [2.45, 2.75) is 26.7 Å². The first-order chi connectivity index (χ1) is 9.35. The molecule has 0 aliphatic carbocycles. The number of carbonyl (C=O) groups is 1. The lowest BCUT2D eigenvalue weighted by Gasteiger charge is -2.19. The lowest BCUT2D eigenvalue weighted by Crippen LogP contribution is -2.27. The molecule has 1 saturated heterocycles. The second kappa shape index (κ2) is 5.79. The van der Waals surface area contributed by atoms with E-state index in [-0.39, 0.29) is 11.6 Å². The number of hydrogen-bond acceptors (Lipinski definition) is 3. The van der Waals surface area contributed by atoms with Crippen LogP contribution in [0.1, 0.15) is 26.7 Å². The molecule has 110 valence electrons. The largest absolute Gasteiger partial charge is 0.396 e. The second-order valence-electron chi connectivity index (χ2n) is 6.22. The van der Waals surface area contributed by atoms with E-state index in [1.54, 1.807) is 0 Å². The number of nitrogens with zero attached hydrogens (tertiary/aromatic N) is 1. The molecular weight excluding hydrogens is 257 g/mol. The van der Waals surface area contributed by atoms with Crippen molar-refractivity contribution in [3.05, 3.63) is 24.0 Å². The summed E-state index contributed by atoms with van der Waals surface area (Å²) in [6.07, 6.45) is 1.61. The zero-order valence-electron chi connectivity index (χ0n) is 12.1. The molecule has 0 saturated carbocycles. The van der Waals surface area contributed by atoms with Gasteiger partial charge in [0.2, 0.25) is 5.91 Å². The third kappa shape index (κ3) is 3.93. The number of benzene rings is 1. The van der Waals surface area contributed by atoms with Gasteiger partial charge >= 0.3 is 0 Å². The van der Waals surface area contributed by atoms with Crippen LogP contribution in [0.3, 0.4) is 0 Å². The highest BCUT2D eigenvalue weighted by Gasteiger charge is 2.28. The highest BCUT2D eigenvalue weighted by molar-refractivity contribution is 5.91. The first-order valence-corrected chi connectivity index (χ1v) is 6.93. The molecule has 3 N–H and O–H groups in total. The Bertz CT molecular complexity index is 502. The number of carbonyl (C=O) groups excluding carboxylic acids is 1. The molecule has 0 spiro atoms. The second-order valence-corrected chi connectivity index (χ2v) is 6.22. The molecule has 0 unspecified atom stereocenters. The van der Waals surface area contributed by atoms with Gasteiger partial charge in [0, 0.05) is 25.2 Å². The zero-order valence-corrected chi connectivity index (χ0v) is 12.1. The molecule has 0 radical (unpaired) electrons. The molecule has 1 amide bonds. The van der Waals surface area contributed by atoms with Crippen LogP contribution >= 0.6 is 0 Å². The molecule has 4 nitrogen and oxygen atoms in total. The van der Waals surface area contributed by atoms with E-state index < -0.39 is 5.82 Å². The summed E-state index contributed by atoms with van der Waals surface area (Å²) >= 11 is 0. The number of anilines is 2. The Hall–Kier alpha value is -1.62. The quantitative estimate of drug-likeness (QED) is 0.832. The summed E-state index contributed by atoms with van der Waals surface area (Å²) < 4.78 is 13.0. The maximum atomic E-state index is 13.0. The van der Waals surface area contributed by atoms with E-state index in [1.165, 1.54) is 24.6 Å². The maximum absolute atomic E-state index is 13.0. The Morgan fingerprint density at radius 3 is 2.85 bits per heavy atom. The van der Waals surface area contributed by atoms with Crippen LogP contribution in [0, 0.1) is 11.2 Å². The van der Waals surface area contributed by atoms with Crippen molar-refractivity contribution in [3.63, 3.8) is 0 Å². The molecule has 1 aliphatic rings. The van der Waals surface area contributed by atoms with Crippen LogP contribution in [0.25, 0.3) is 0 Å². The van der Waals surface area contributed by atoms with Crippen molar-refractivity contribution in [1.82, 2.24) is 4.90 Å². The maximum Gasteiger partial charge on any atom is 0.225 e. The smallest absolute Gasteiger partial charge is 0.225 e. The lowest BCUT2D eigenvalue weighted by molar-refractivity contribution is -0.116. The van der Waals surface area contributed by atoms with E-state index >= 15 is 0 Å². The van der Waals surface area contributed by atoms with E-state index in [0.29, 0.717) is 17.5 Å². The van der Waals surface area contributed by atoms with Crippen LogP contribution in [-0.4, -0.2) is 30.4 Å². The monoisotopic (exact) mass is 279 g/mol. The Balaban J connectivity index is 1.79. The number of amides is 1. The molecular formula is C15H22FN3O. The predicted molar refractivity (Wildman–Crippen MR) is 78.9 cm³/mol. The molecule has 0 bridgehead atoms. The van der Waals surface area contributed by atoms with Gasteiger partial charge < -0.3 is 16.0 Å². The third-order valence-electron chi connectivity index (χ3n) is 3.69. The molecule has 0 aromatic heterocycles. The first-order valence-electron chi connectivity index (χ1n) is 6.93. The van der Waals surface area contributed by atoms with Crippen molar-refractivity contribution in [3.8, 4) is 0 Å². The number of likely N-dealkylation sites (tertiary alicyclic amines) is 1. The number of nitrogens with two attached hydrogens (primary N) is 1. The van der Waals surface area contributed by atoms with Gasteiger partial charge in [-0.05, 0) is 36.6 Å². The molecule has 5 heteroatoms. The molecule has 1 fully saturated rings. The van der Waals surface area contributed by atoms with Crippen LogP contribution in [0.15, 0.2) is 18.2 Å². The fraction of sp³-hybridized carbons (Fsp3) is 0.533. The number of nitrogens with one attached hydrogen (secondary N) is 1. The van der Waals surface area contributed by atoms with Gasteiger partial charge in [0.1, 0.15) is 5.82 Å². The SMILES string of the molecule is CC1(C)CCN(CCC(=O)Nc2ccc(F)c(N)c2)C1. The number of rotatable bonds is 4. The first kappa shape index (κ1) is 14.8. The fourth-order valence-electron chi connectivity index (χ4n) is 2.52. The summed E-state index contributed by atoms with van der Waals surface area (Å²) in [5.41, 5.74) is 6.40. The minimum Gasteiger partial charge on any atom is -0.396 e. The normalized spacial score (nSPS) is 18.1. The predicted octanol–water partition coefficient (Wildman–Crippen LogP) is 2.47. The van der Waals surface area contributed by atoms with Crippen molar-refractivity contribution < 1.29 is 9.18 Å². The average molecular weight is 279 g/mol. The summed E-state index contributed by atoms with van der Waals surface area (Å²) in [4.78, 5) is 14.2. The van der Waals surface area contributed by atoms with Crippen molar-refractivity contribution in [2.24, 2.45) is 5.41 Å². The minimum atomic E-state index is -0.470. The molecule has 2 rings (SSSR count). The summed E-state index contributed by atoms with van der Waals surface area (Å²) in [7, 11) is 0. The van der Waals surface area contributed by atoms with Crippen molar-refractivity contribution >= 4 is 17.3 Å². The van der Waals surface area contributed by atoms with Crippen LogP contribution in [0.5, 0.6) is 0 Å². The van der Waals surface area contributed by atoms with E-state index in [0.717, 1.165) is 19.6 Å². The summed E-state index contributed by atoms with van der Waals surface area (Å²) in [6.45, 7) is 7.32. The lowest BCUT2D eigenvalue weighted by atomic mass is 9.93. The Labute approximate surface area is 119 Å². The van der Waals surface area contributed by atoms with Crippen LogP contribution < -0.4 is 11.1 Å². The van der Waals surface area contributed by atoms with Crippen molar-refractivity contribution in [2.75, 3.05) is 30.7 Å². The number of halogens is 1. The summed E-state index contributed by atoms with van der Waals surface area (Å²) in [6, 6.07) is 4.21. The average Bonchev–Trinajstić information content (AvgIpc) is 2.71. The third-order valence-corrected chi connectivity index (χ3v) is 3.69. The molecule has 1 heterocycles. The molecule has 1 aromatic rings. The van der Waals surface area contributed by atoms with Gasteiger partial charge in [-0.2, -0.15) is 0 Å². The zero-order chi connectivity index (χ0) is 14.8.